The quantitative estimate of drug-likeness (QED) is 0.828. The molecule has 0 amide bonds. The van der Waals surface area contributed by atoms with E-state index in [4.69, 9.17) is 5.73 Å². The molecule has 0 aliphatic rings. The molecule has 82 valence electrons. The predicted molar refractivity (Wildman–Crippen MR) is 62.6 cm³/mol. The van der Waals surface area contributed by atoms with Crippen LogP contribution < -0.4 is 5.73 Å². The summed E-state index contributed by atoms with van der Waals surface area (Å²) in [6.45, 7) is 3.79. The number of pyridine rings is 1. The Kier molecular flexibility index (Phi) is 2.92. The molecule has 0 spiro atoms. The van der Waals surface area contributed by atoms with Crippen LogP contribution in [0.1, 0.15) is 24.5 Å². The molecule has 0 aliphatic heterocycles. The molecule has 4 nitrogen and oxygen atoms in total. The molecule has 4 heteroatoms. The topological polar surface area (TPSA) is 64.7 Å². The molecule has 2 rings (SSSR count). The molecular formula is C12H14N4. The Morgan fingerprint density at radius 2 is 1.88 bits per heavy atom. The average molecular weight is 214 g/mol. The average Bonchev–Trinajstić information content (AvgIpc) is 2.29. The van der Waals surface area contributed by atoms with E-state index in [-0.39, 0.29) is 6.04 Å². The van der Waals surface area contributed by atoms with Gasteiger partial charge in [-0.15, -0.1) is 0 Å². The van der Waals surface area contributed by atoms with Gasteiger partial charge in [-0.25, -0.2) is 9.97 Å². The zero-order valence-corrected chi connectivity index (χ0v) is 9.38. The van der Waals surface area contributed by atoms with Crippen molar-refractivity contribution in [2.75, 3.05) is 0 Å². The lowest BCUT2D eigenvalue weighted by molar-refractivity contribution is 0.766. The van der Waals surface area contributed by atoms with Crippen LogP contribution in [0.2, 0.25) is 0 Å². The molecule has 0 aliphatic carbocycles. The minimum Gasteiger partial charge on any atom is -0.323 e. The van der Waals surface area contributed by atoms with Crippen molar-refractivity contribution in [1.29, 1.82) is 0 Å². The molecule has 2 aromatic rings. The first-order chi connectivity index (χ1) is 7.66. The Hall–Kier alpha value is -1.81. The zero-order chi connectivity index (χ0) is 11.5. The van der Waals surface area contributed by atoms with Crippen LogP contribution in [0.5, 0.6) is 0 Å². The van der Waals surface area contributed by atoms with Gasteiger partial charge < -0.3 is 5.73 Å². The molecule has 2 heterocycles. The lowest BCUT2D eigenvalue weighted by Gasteiger charge is -2.08. The number of nitrogens with two attached hydrogens (primary N) is 1. The third-order valence-corrected chi connectivity index (χ3v) is 2.30. The third-order valence-electron chi connectivity index (χ3n) is 2.30. The highest BCUT2D eigenvalue weighted by Gasteiger charge is 2.07. The van der Waals surface area contributed by atoms with Crippen LogP contribution in [-0.4, -0.2) is 15.0 Å². The maximum atomic E-state index is 5.83. The van der Waals surface area contributed by atoms with E-state index in [0.29, 0.717) is 0 Å². The highest BCUT2D eigenvalue weighted by Crippen LogP contribution is 2.18. The van der Waals surface area contributed by atoms with Gasteiger partial charge >= 0.3 is 0 Å². The molecule has 2 aromatic heterocycles. The second-order valence-electron chi connectivity index (χ2n) is 3.75. The second-order valence-corrected chi connectivity index (χ2v) is 3.75. The Balaban J connectivity index is 2.50. The molecule has 1 atom stereocenters. The number of hydrogen-bond acceptors (Lipinski definition) is 4. The molecule has 1 unspecified atom stereocenters. The first-order valence-corrected chi connectivity index (χ1v) is 5.18. The molecular weight excluding hydrogens is 200 g/mol. The van der Waals surface area contributed by atoms with Gasteiger partial charge in [-0.05, 0) is 32.0 Å². The summed E-state index contributed by atoms with van der Waals surface area (Å²) in [6, 6.07) is 5.69. The molecule has 0 bridgehead atoms. The number of aryl methyl sites for hydroxylation is 1. The van der Waals surface area contributed by atoms with E-state index in [1.165, 1.54) is 0 Å². The fourth-order valence-electron chi connectivity index (χ4n) is 1.49. The lowest BCUT2D eigenvalue weighted by atomic mass is 10.1. The fraction of sp³-hybridized carbons (Fsp3) is 0.250. The monoisotopic (exact) mass is 214 g/mol. The number of hydrogen-bond donors (Lipinski definition) is 1. The van der Waals surface area contributed by atoms with Crippen molar-refractivity contribution >= 4 is 0 Å². The van der Waals surface area contributed by atoms with Gasteiger partial charge in [0.1, 0.15) is 5.82 Å². The van der Waals surface area contributed by atoms with Crippen molar-refractivity contribution in [3.63, 3.8) is 0 Å². The lowest BCUT2D eigenvalue weighted by Crippen LogP contribution is -2.09. The molecule has 0 aromatic carbocycles. The Morgan fingerprint density at radius 1 is 1.19 bits per heavy atom. The fourth-order valence-corrected chi connectivity index (χ4v) is 1.49. The molecule has 0 radical (unpaired) electrons. The van der Waals surface area contributed by atoms with Crippen LogP contribution in [0.3, 0.4) is 0 Å². The number of aromatic nitrogens is 3. The maximum absolute atomic E-state index is 5.83. The third kappa shape index (κ3) is 2.23. The number of rotatable bonds is 2. The standard InChI is InChI=1S/C12H14N4/c1-8(13)11-7-12(16-9(2)15-11)10-3-5-14-6-4-10/h3-8H,13H2,1-2H3. The number of nitrogens with zero attached hydrogens (tertiary/aromatic N) is 3. The molecule has 16 heavy (non-hydrogen) atoms. The first-order valence-electron chi connectivity index (χ1n) is 5.18. The van der Waals surface area contributed by atoms with Crippen LogP contribution >= 0.6 is 0 Å². The smallest absolute Gasteiger partial charge is 0.126 e. The molecule has 0 saturated heterocycles. The first kappa shape index (κ1) is 10.7. The van der Waals surface area contributed by atoms with Gasteiger partial charge in [0.15, 0.2) is 0 Å². The second kappa shape index (κ2) is 4.37. The summed E-state index contributed by atoms with van der Waals surface area (Å²) in [5.74, 6) is 0.738. The van der Waals surface area contributed by atoms with Gasteiger partial charge in [0.25, 0.3) is 0 Å². The van der Waals surface area contributed by atoms with Gasteiger partial charge in [-0.3, -0.25) is 4.98 Å². The Bertz CT molecular complexity index is 480. The van der Waals surface area contributed by atoms with Crippen molar-refractivity contribution in [2.45, 2.75) is 19.9 Å². The summed E-state index contributed by atoms with van der Waals surface area (Å²) in [6.07, 6.45) is 3.50. The summed E-state index contributed by atoms with van der Waals surface area (Å²) in [5, 5.41) is 0. The van der Waals surface area contributed by atoms with E-state index in [1.807, 2.05) is 32.0 Å². The van der Waals surface area contributed by atoms with Crippen LogP contribution in [0.25, 0.3) is 11.3 Å². The summed E-state index contributed by atoms with van der Waals surface area (Å²) in [7, 11) is 0. The van der Waals surface area contributed by atoms with Crippen molar-refractivity contribution in [3.05, 3.63) is 42.1 Å². The molecule has 0 saturated carbocycles. The molecule has 2 N–H and O–H groups in total. The van der Waals surface area contributed by atoms with Crippen LogP contribution in [0.4, 0.5) is 0 Å². The van der Waals surface area contributed by atoms with Crippen molar-refractivity contribution in [3.8, 4) is 11.3 Å². The van der Waals surface area contributed by atoms with Gasteiger partial charge in [-0.2, -0.15) is 0 Å². The van der Waals surface area contributed by atoms with Crippen LogP contribution in [0, 0.1) is 6.92 Å². The minimum absolute atomic E-state index is 0.0812. The van der Waals surface area contributed by atoms with E-state index >= 15 is 0 Å². The highest BCUT2D eigenvalue weighted by molar-refractivity contribution is 5.58. The van der Waals surface area contributed by atoms with E-state index in [0.717, 1.165) is 22.8 Å². The van der Waals surface area contributed by atoms with Gasteiger partial charge in [0, 0.05) is 24.0 Å². The summed E-state index contributed by atoms with van der Waals surface area (Å²) in [5.41, 5.74) is 8.61. The van der Waals surface area contributed by atoms with E-state index < -0.39 is 0 Å². The van der Waals surface area contributed by atoms with E-state index in [2.05, 4.69) is 15.0 Å². The summed E-state index contributed by atoms with van der Waals surface area (Å²) >= 11 is 0. The van der Waals surface area contributed by atoms with Crippen molar-refractivity contribution in [1.82, 2.24) is 15.0 Å². The van der Waals surface area contributed by atoms with E-state index in [9.17, 15) is 0 Å². The van der Waals surface area contributed by atoms with Crippen molar-refractivity contribution in [2.24, 2.45) is 5.73 Å². The maximum Gasteiger partial charge on any atom is 0.126 e. The minimum atomic E-state index is -0.0812. The Morgan fingerprint density at radius 3 is 2.50 bits per heavy atom. The van der Waals surface area contributed by atoms with Crippen LogP contribution in [-0.2, 0) is 0 Å². The highest BCUT2D eigenvalue weighted by atomic mass is 14.9. The van der Waals surface area contributed by atoms with Gasteiger partial charge in [0.05, 0.1) is 11.4 Å². The zero-order valence-electron chi connectivity index (χ0n) is 9.38. The van der Waals surface area contributed by atoms with Gasteiger partial charge in [0.2, 0.25) is 0 Å². The normalized spacial score (nSPS) is 12.4. The van der Waals surface area contributed by atoms with E-state index in [1.54, 1.807) is 12.4 Å². The Labute approximate surface area is 94.6 Å². The summed E-state index contributed by atoms with van der Waals surface area (Å²) in [4.78, 5) is 12.7. The largest absolute Gasteiger partial charge is 0.323 e. The van der Waals surface area contributed by atoms with Gasteiger partial charge in [-0.1, -0.05) is 0 Å². The summed E-state index contributed by atoms with van der Waals surface area (Å²) < 4.78 is 0. The SMILES string of the molecule is Cc1nc(-c2ccncc2)cc(C(C)N)n1. The van der Waals surface area contributed by atoms with Crippen LogP contribution in [0.15, 0.2) is 30.6 Å². The predicted octanol–water partition coefficient (Wildman–Crippen LogP) is 1.87. The van der Waals surface area contributed by atoms with Crippen molar-refractivity contribution < 1.29 is 0 Å². The molecule has 0 fully saturated rings.